The molecule has 6 aromatic rings. The zero-order chi connectivity index (χ0) is 46.4. The van der Waals surface area contributed by atoms with Crippen LogP contribution in [0.2, 0.25) is 0 Å². The predicted molar refractivity (Wildman–Crippen MR) is 245 cm³/mol. The van der Waals surface area contributed by atoms with E-state index in [1.807, 2.05) is 0 Å². The lowest BCUT2D eigenvalue weighted by molar-refractivity contribution is -0.275. The molecule has 1 aliphatic heterocycles. The molecule has 14 heteroatoms. The number of aryl methyl sites for hydroxylation is 1. The highest BCUT2D eigenvalue weighted by atomic mass is 16.7. The maximum Gasteiger partial charge on any atom is 0.338 e. The van der Waals surface area contributed by atoms with Crippen molar-refractivity contribution >= 4 is 40.5 Å². The molecule has 342 valence electrons. The van der Waals surface area contributed by atoms with Crippen LogP contribution in [0.25, 0.3) is 10.9 Å². The van der Waals surface area contributed by atoms with E-state index in [0.717, 1.165) is 32.1 Å². The molecule has 0 bridgehead atoms. The minimum atomic E-state index is -1.75. The molecule has 5 atom stereocenters. The maximum atomic E-state index is 14.3. The number of hydrogen-bond donors (Lipinski definition) is 1. The molecule has 2 N–H and O–H groups in total. The Balaban J connectivity index is 1.36. The van der Waals surface area contributed by atoms with Crippen LogP contribution in [0, 0.1) is 0 Å². The van der Waals surface area contributed by atoms with Gasteiger partial charge < -0.3 is 43.5 Å². The van der Waals surface area contributed by atoms with E-state index < -0.39 is 66.7 Å². The molecule has 1 fully saturated rings. The predicted octanol–water partition coefficient (Wildman–Crippen LogP) is 8.50. The summed E-state index contributed by atoms with van der Waals surface area (Å²) in [5, 5.41) is 0.378. The van der Waals surface area contributed by atoms with Gasteiger partial charge >= 0.3 is 23.9 Å². The van der Waals surface area contributed by atoms with Crippen molar-refractivity contribution in [3.63, 3.8) is 0 Å². The highest BCUT2D eigenvalue weighted by Gasteiger charge is 2.54. The summed E-state index contributed by atoms with van der Waals surface area (Å²) < 4.78 is 45.5. The number of anilines is 1. The number of nitrogens with two attached hydrogens (primary N) is 1. The quantitative estimate of drug-likeness (QED) is 0.0354. The fourth-order valence-corrected chi connectivity index (χ4v) is 7.54. The minimum absolute atomic E-state index is 0.0854. The summed E-state index contributed by atoms with van der Waals surface area (Å²) in [5.41, 5.74) is 7.01. The molecule has 5 aromatic carbocycles. The van der Waals surface area contributed by atoms with Gasteiger partial charge in [0.05, 0.1) is 34.4 Å². The van der Waals surface area contributed by atoms with Gasteiger partial charge in [-0.1, -0.05) is 112 Å². The third-order valence-corrected chi connectivity index (χ3v) is 11.0. The van der Waals surface area contributed by atoms with Crippen molar-refractivity contribution in [2.24, 2.45) is 7.05 Å². The lowest BCUT2D eigenvalue weighted by Crippen LogP contribution is -2.64. The number of carbonyl (C=O) groups excluding carboxylic acids is 4. The lowest BCUT2D eigenvalue weighted by Gasteiger charge is -2.44. The SMILES string of the molecule is CCCCCCCCOc1c(O[C@H]2O[C@H](COC(=O)c3ccccc3)[C@@H](OC(=O)c3ccccc3)[C@H](OC(=O)c3ccccc3)[C@@H]2OC(=O)c2ccccc2)c2ccc(N)cc2n(C)c1=O. The smallest absolute Gasteiger partial charge is 0.338 e. The summed E-state index contributed by atoms with van der Waals surface area (Å²) in [6, 6.07) is 37.2. The Morgan fingerprint density at radius 1 is 0.591 bits per heavy atom. The Morgan fingerprint density at radius 2 is 1.08 bits per heavy atom. The van der Waals surface area contributed by atoms with Gasteiger partial charge in [0.1, 0.15) is 12.7 Å². The molecule has 0 spiro atoms. The monoisotopic (exact) mass is 896 g/mol. The molecule has 0 saturated carbocycles. The number of ether oxygens (including phenoxy) is 7. The summed E-state index contributed by atoms with van der Waals surface area (Å²) >= 11 is 0. The standard InChI is InChI=1S/C52H52N2O12/c1-3-4-5-6-7-20-31-60-45-42(39-30-29-38(53)32-40(39)54(2)47(45)55)66-52-46(65-51(59)37-27-18-11-19-28-37)44(64-50(58)36-25-16-10-17-26-36)43(63-49(57)35-23-14-9-15-24-35)41(62-52)33-61-48(56)34-21-12-8-13-22-34/h8-19,21-30,32,41,43-44,46,52H,3-7,20,31,33,53H2,1-2H3/t41-,43-,44+,46+,52-/m1/s1. The van der Waals surface area contributed by atoms with Crippen molar-refractivity contribution in [3.8, 4) is 11.5 Å². The van der Waals surface area contributed by atoms with Crippen LogP contribution in [0.3, 0.4) is 0 Å². The molecule has 0 aliphatic carbocycles. The number of hydrogen-bond acceptors (Lipinski definition) is 13. The Bertz CT molecular complexity index is 2640. The molecule has 0 unspecified atom stereocenters. The van der Waals surface area contributed by atoms with Gasteiger partial charge in [-0.15, -0.1) is 0 Å². The number of nitrogen functional groups attached to an aromatic ring is 1. The molecule has 7 rings (SSSR count). The number of unbranched alkanes of at least 4 members (excludes halogenated alkanes) is 5. The maximum absolute atomic E-state index is 14.3. The summed E-state index contributed by atoms with van der Waals surface area (Å²) in [4.78, 5) is 70.1. The number of carbonyl (C=O) groups is 4. The van der Waals surface area contributed by atoms with E-state index in [1.54, 1.807) is 110 Å². The van der Waals surface area contributed by atoms with E-state index in [0.29, 0.717) is 23.0 Å². The Hall–Kier alpha value is -7.45. The van der Waals surface area contributed by atoms with Gasteiger partial charge in [-0.3, -0.25) is 4.79 Å². The second kappa shape index (κ2) is 22.4. The van der Waals surface area contributed by atoms with Crippen LogP contribution in [0.4, 0.5) is 5.69 Å². The number of pyridine rings is 1. The summed E-state index contributed by atoms with van der Waals surface area (Å²) in [6.45, 7) is 1.74. The fourth-order valence-electron chi connectivity index (χ4n) is 7.54. The average molecular weight is 897 g/mol. The zero-order valence-corrected chi connectivity index (χ0v) is 36.7. The van der Waals surface area contributed by atoms with Gasteiger partial charge in [0, 0.05) is 18.1 Å². The number of esters is 4. The highest BCUT2D eigenvalue weighted by molar-refractivity contribution is 5.92. The number of aromatic nitrogens is 1. The van der Waals surface area contributed by atoms with E-state index in [4.69, 9.17) is 38.9 Å². The second-order valence-corrected chi connectivity index (χ2v) is 15.7. The van der Waals surface area contributed by atoms with Crippen LogP contribution >= 0.6 is 0 Å². The van der Waals surface area contributed by atoms with Crippen molar-refractivity contribution in [3.05, 3.63) is 172 Å². The van der Waals surface area contributed by atoms with E-state index in [1.165, 1.54) is 41.0 Å². The molecule has 1 aromatic heterocycles. The van der Waals surface area contributed by atoms with Crippen LogP contribution in [-0.2, 0) is 30.7 Å². The van der Waals surface area contributed by atoms with Crippen LogP contribution < -0.4 is 20.8 Å². The molecule has 0 radical (unpaired) electrons. The van der Waals surface area contributed by atoms with Crippen molar-refractivity contribution in [1.29, 1.82) is 0 Å². The fraction of sp³-hybridized carbons (Fsp3) is 0.288. The first-order valence-electron chi connectivity index (χ1n) is 22.0. The van der Waals surface area contributed by atoms with Crippen molar-refractivity contribution in [1.82, 2.24) is 4.57 Å². The van der Waals surface area contributed by atoms with E-state index >= 15 is 0 Å². The number of benzene rings is 5. The van der Waals surface area contributed by atoms with Crippen LogP contribution in [0.5, 0.6) is 11.5 Å². The van der Waals surface area contributed by atoms with Crippen molar-refractivity contribution in [2.75, 3.05) is 18.9 Å². The summed E-state index contributed by atoms with van der Waals surface area (Å²) in [5.74, 6) is -3.58. The summed E-state index contributed by atoms with van der Waals surface area (Å²) in [6.07, 6.45) is -2.43. The highest BCUT2D eigenvalue weighted by Crippen LogP contribution is 2.39. The van der Waals surface area contributed by atoms with Gasteiger partial charge in [0.15, 0.2) is 18.0 Å². The summed E-state index contributed by atoms with van der Waals surface area (Å²) in [7, 11) is 1.58. The first kappa shape index (κ1) is 46.5. The molecule has 0 amide bonds. The lowest BCUT2D eigenvalue weighted by atomic mass is 9.97. The van der Waals surface area contributed by atoms with Gasteiger partial charge in [0.2, 0.25) is 18.1 Å². The Kier molecular flexibility index (Phi) is 15.8. The second-order valence-electron chi connectivity index (χ2n) is 15.7. The van der Waals surface area contributed by atoms with E-state index in [-0.39, 0.29) is 40.4 Å². The van der Waals surface area contributed by atoms with Crippen molar-refractivity contribution < 1.29 is 52.3 Å². The molecule has 14 nitrogen and oxygen atoms in total. The average Bonchev–Trinajstić information content (AvgIpc) is 3.35. The van der Waals surface area contributed by atoms with Gasteiger partial charge in [-0.2, -0.15) is 0 Å². The zero-order valence-electron chi connectivity index (χ0n) is 36.7. The minimum Gasteiger partial charge on any atom is -0.485 e. The normalized spacial score (nSPS) is 17.9. The Morgan fingerprint density at radius 3 is 1.62 bits per heavy atom. The topological polar surface area (TPSA) is 181 Å². The molecular weight excluding hydrogens is 845 g/mol. The van der Waals surface area contributed by atoms with E-state index in [2.05, 4.69) is 6.92 Å². The van der Waals surface area contributed by atoms with Crippen LogP contribution in [0.1, 0.15) is 86.9 Å². The first-order valence-corrected chi connectivity index (χ1v) is 22.0. The number of fused-ring (bicyclic) bond motifs is 1. The first-order chi connectivity index (χ1) is 32.1. The van der Waals surface area contributed by atoms with Gasteiger partial charge in [-0.05, 0) is 73.2 Å². The largest absolute Gasteiger partial charge is 0.485 e. The number of rotatable bonds is 19. The third-order valence-electron chi connectivity index (χ3n) is 11.0. The number of nitrogens with zero attached hydrogens (tertiary/aromatic N) is 1. The van der Waals surface area contributed by atoms with Crippen molar-refractivity contribution in [2.45, 2.75) is 76.2 Å². The van der Waals surface area contributed by atoms with Crippen LogP contribution in [0.15, 0.2) is 144 Å². The molecule has 1 aliphatic rings. The van der Waals surface area contributed by atoms with Gasteiger partial charge in [-0.25, -0.2) is 19.2 Å². The van der Waals surface area contributed by atoms with E-state index in [9.17, 15) is 24.0 Å². The molecule has 66 heavy (non-hydrogen) atoms. The van der Waals surface area contributed by atoms with Crippen LogP contribution in [-0.4, -0.2) is 72.4 Å². The Labute approximate surface area is 382 Å². The molecule has 1 saturated heterocycles. The molecule has 2 heterocycles. The van der Waals surface area contributed by atoms with Gasteiger partial charge in [0.25, 0.3) is 5.56 Å². The third kappa shape index (κ3) is 11.4. The molecular formula is C52H52N2O12.